The second-order valence-corrected chi connectivity index (χ2v) is 10.0. The molecular weight excluding hydrogens is 408 g/mol. The molecule has 0 spiro atoms. The van der Waals surface area contributed by atoms with E-state index < -0.39 is 16.1 Å². The summed E-state index contributed by atoms with van der Waals surface area (Å²) in [5.41, 5.74) is 2.39. The quantitative estimate of drug-likeness (QED) is 0.448. The summed E-state index contributed by atoms with van der Waals surface area (Å²) >= 11 is 1.77. The van der Waals surface area contributed by atoms with Crippen molar-refractivity contribution in [3.05, 3.63) is 58.5 Å². The molecule has 3 N–H and O–H groups in total. The number of nitrogens with one attached hydrogen (secondary N) is 2. The lowest BCUT2D eigenvalue weighted by Gasteiger charge is -2.14. The van der Waals surface area contributed by atoms with Crippen LogP contribution in [0.15, 0.2) is 42.5 Å². The van der Waals surface area contributed by atoms with Crippen molar-refractivity contribution in [3.63, 3.8) is 0 Å². The Bertz CT molecular complexity index is 1090. The smallest absolute Gasteiger partial charge is 0.229 e. The van der Waals surface area contributed by atoms with E-state index in [4.69, 9.17) is 4.74 Å². The zero-order chi connectivity index (χ0) is 21.0. The summed E-state index contributed by atoms with van der Waals surface area (Å²) < 4.78 is 32.1. The van der Waals surface area contributed by atoms with Crippen LogP contribution < -0.4 is 14.8 Å². The number of thiophene rings is 1. The van der Waals surface area contributed by atoms with Gasteiger partial charge in [0.25, 0.3) is 0 Å². The number of ether oxygens (including phenoxy) is 1. The Labute approximate surface area is 175 Å². The minimum absolute atomic E-state index is 0.341. The summed E-state index contributed by atoms with van der Waals surface area (Å²) in [6.45, 7) is 5.67. The lowest BCUT2D eigenvalue weighted by Crippen LogP contribution is -2.26. The Morgan fingerprint density at radius 2 is 1.97 bits per heavy atom. The first-order valence-corrected chi connectivity index (χ1v) is 12.0. The van der Waals surface area contributed by atoms with E-state index >= 15 is 0 Å². The predicted octanol–water partition coefficient (Wildman–Crippen LogP) is 3.59. The number of benzene rings is 2. The number of sulfonamides is 1. The first kappa shape index (κ1) is 21.6. The van der Waals surface area contributed by atoms with Gasteiger partial charge in [-0.05, 0) is 60.7 Å². The zero-order valence-electron chi connectivity index (χ0n) is 16.7. The van der Waals surface area contributed by atoms with E-state index in [1.807, 2.05) is 6.07 Å². The molecule has 0 aliphatic heterocycles. The van der Waals surface area contributed by atoms with Crippen LogP contribution in [0.3, 0.4) is 0 Å². The molecule has 0 fully saturated rings. The molecule has 0 unspecified atom stereocenters. The van der Waals surface area contributed by atoms with E-state index in [9.17, 15) is 13.5 Å². The van der Waals surface area contributed by atoms with E-state index in [2.05, 4.69) is 36.0 Å². The standard InChI is InChI=1S/C21H26N2O4S2/c1-14-15(2)28-21-12-18(7-8-19(14)21)27-10-9-22-13-20(24)16-5-4-6-17(11-16)23-29(3,25)26/h4-8,11-12,20,22-24H,9-10,13H2,1-3H3/t20-/m0/s1. The van der Waals surface area contributed by atoms with Crippen LogP contribution in [-0.4, -0.2) is 39.5 Å². The number of hydrogen-bond acceptors (Lipinski definition) is 6. The summed E-state index contributed by atoms with van der Waals surface area (Å²) in [5, 5.41) is 14.8. The molecule has 0 saturated carbocycles. The topological polar surface area (TPSA) is 87.7 Å². The van der Waals surface area contributed by atoms with Crippen LogP contribution in [0.25, 0.3) is 10.1 Å². The molecule has 0 radical (unpaired) electrons. The van der Waals surface area contributed by atoms with Crippen molar-refractivity contribution in [2.75, 3.05) is 30.7 Å². The summed E-state index contributed by atoms with van der Waals surface area (Å²) in [7, 11) is -3.35. The molecule has 0 bridgehead atoms. The molecule has 0 aliphatic rings. The molecular formula is C21H26N2O4S2. The van der Waals surface area contributed by atoms with Crippen LogP contribution in [0.2, 0.25) is 0 Å². The lowest BCUT2D eigenvalue weighted by atomic mass is 10.1. The van der Waals surface area contributed by atoms with Crippen LogP contribution in [0.5, 0.6) is 5.75 Å². The molecule has 3 rings (SSSR count). The number of hydrogen-bond donors (Lipinski definition) is 3. The fourth-order valence-electron chi connectivity index (χ4n) is 3.04. The summed E-state index contributed by atoms with van der Waals surface area (Å²) in [5.74, 6) is 0.834. The molecule has 8 heteroatoms. The van der Waals surface area contributed by atoms with Crippen molar-refractivity contribution < 1.29 is 18.3 Å². The van der Waals surface area contributed by atoms with E-state index in [-0.39, 0.29) is 0 Å². The summed E-state index contributed by atoms with van der Waals surface area (Å²) in [4.78, 5) is 1.32. The highest BCUT2D eigenvalue weighted by molar-refractivity contribution is 7.92. The van der Waals surface area contributed by atoms with Gasteiger partial charge in [0.15, 0.2) is 0 Å². The van der Waals surface area contributed by atoms with Crippen LogP contribution >= 0.6 is 11.3 Å². The highest BCUT2D eigenvalue weighted by Gasteiger charge is 2.10. The highest BCUT2D eigenvalue weighted by Crippen LogP contribution is 2.32. The molecule has 1 heterocycles. The number of aliphatic hydroxyl groups is 1. The van der Waals surface area contributed by atoms with Crippen molar-refractivity contribution in [1.82, 2.24) is 5.32 Å². The molecule has 0 saturated heterocycles. The molecule has 2 aromatic carbocycles. The van der Waals surface area contributed by atoms with Gasteiger partial charge in [0.2, 0.25) is 10.0 Å². The monoisotopic (exact) mass is 434 g/mol. The van der Waals surface area contributed by atoms with E-state index in [0.717, 1.165) is 12.0 Å². The van der Waals surface area contributed by atoms with Gasteiger partial charge in [-0.2, -0.15) is 0 Å². The fraction of sp³-hybridized carbons (Fsp3) is 0.333. The van der Waals surface area contributed by atoms with Gasteiger partial charge in [-0.3, -0.25) is 4.72 Å². The van der Waals surface area contributed by atoms with Gasteiger partial charge in [-0.15, -0.1) is 11.3 Å². The molecule has 1 aromatic heterocycles. The van der Waals surface area contributed by atoms with Gasteiger partial charge in [-0.25, -0.2) is 8.42 Å². The van der Waals surface area contributed by atoms with Crippen LogP contribution in [-0.2, 0) is 10.0 Å². The van der Waals surface area contributed by atoms with Gasteiger partial charge in [-0.1, -0.05) is 12.1 Å². The molecule has 6 nitrogen and oxygen atoms in total. The molecule has 156 valence electrons. The van der Waals surface area contributed by atoms with Gasteiger partial charge in [0.05, 0.1) is 12.4 Å². The second kappa shape index (κ2) is 9.13. The minimum atomic E-state index is -3.35. The fourth-order valence-corrected chi connectivity index (χ4v) is 4.69. The normalized spacial score (nSPS) is 12.8. The lowest BCUT2D eigenvalue weighted by molar-refractivity contribution is 0.172. The van der Waals surface area contributed by atoms with Gasteiger partial charge in [0, 0.05) is 28.4 Å². The maximum absolute atomic E-state index is 11.3. The van der Waals surface area contributed by atoms with Crippen LogP contribution in [0.1, 0.15) is 22.1 Å². The van der Waals surface area contributed by atoms with E-state index in [0.29, 0.717) is 30.9 Å². The molecule has 29 heavy (non-hydrogen) atoms. The Morgan fingerprint density at radius 3 is 2.72 bits per heavy atom. The third-order valence-electron chi connectivity index (χ3n) is 4.61. The average molecular weight is 435 g/mol. The Balaban J connectivity index is 1.46. The maximum atomic E-state index is 11.3. The van der Waals surface area contributed by atoms with Crippen LogP contribution in [0, 0.1) is 13.8 Å². The third kappa shape index (κ3) is 5.93. The molecule has 0 aliphatic carbocycles. The van der Waals surface area contributed by atoms with Crippen LogP contribution in [0.4, 0.5) is 5.69 Å². The third-order valence-corrected chi connectivity index (χ3v) is 6.38. The van der Waals surface area contributed by atoms with Crippen molar-refractivity contribution in [1.29, 1.82) is 0 Å². The summed E-state index contributed by atoms with van der Waals surface area (Å²) in [6.07, 6.45) is 0.348. The Hall–Kier alpha value is -2.13. The SMILES string of the molecule is Cc1sc2cc(OCCNC[C@H](O)c3cccc(NS(C)(=O)=O)c3)ccc2c1C. The second-order valence-electron chi connectivity index (χ2n) is 7.01. The first-order valence-electron chi connectivity index (χ1n) is 9.32. The Kier molecular flexibility index (Phi) is 6.79. The maximum Gasteiger partial charge on any atom is 0.229 e. The number of rotatable bonds is 9. The molecule has 0 amide bonds. The predicted molar refractivity (Wildman–Crippen MR) is 120 cm³/mol. The number of aryl methyl sites for hydroxylation is 2. The van der Waals surface area contributed by atoms with Gasteiger partial charge < -0.3 is 15.2 Å². The average Bonchev–Trinajstić information content (AvgIpc) is 2.93. The summed E-state index contributed by atoms with van der Waals surface area (Å²) in [6, 6.07) is 12.9. The van der Waals surface area contributed by atoms with Crippen molar-refractivity contribution in [2.24, 2.45) is 0 Å². The van der Waals surface area contributed by atoms with Gasteiger partial charge in [0.1, 0.15) is 12.4 Å². The first-order chi connectivity index (χ1) is 13.7. The Morgan fingerprint density at radius 1 is 1.17 bits per heavy atom. The zero-order valence-corrected chi connectivity index (χ0v) is 18.4. The van der Waals surface area contributed by atoms with E-state index in [1.165, 1.54) is 20.5 Å². The largest absolute Gasteiger partial charge is 0.492 e. The highest BCUT2D eigenvalue weighted by atomic mass is 32.2. The van der Waals surface area contributed by atoms with E-state index in [1.54, 1.807) is 35.6 Å². The molecule has 3 aromatic rings. The van der Waals surface area contributed by atoms with Crippen molar-refractivity contribution >= 4 is 37.1 Å². The van der Waals surface area contributed by atoms with Crippen molar-refractivity contribution in [3.8, 4) is 5.75 Å². The number of aliphatic hydroxyl groups excluding tert-OH is 1. The van der Waals surface area contributed by atoms with Crippen molar-refractivity contribution in [2.45, 2.75) is 20.0 Å². The van der Waals surface area contributed by atoms with Gasteiger partial charge >= 0.3 is 0 Å². The molecule has 1 atom stereocenters. The number of anilines is 1. The minimum Gasteiger partial charge on any atom is -0.492 e. The number of fused-ring (bicyclic) bond motifs is 1.